The lowest BCUT2D eigenvalue weighted by Gasteiger charge is -1.97. The second kappa shape index (κ2) is 5.27. The molecule has 0 saturated carbocycles. The molecule has 1 N–H and O–H groups in total. The molecule has 3 heteroatoms. The number of allylic oxidation sites excluding steroid dienone is 1. The smallest absolute Gasteiger partial charge is 0.188 e. The molecule has 18 heavy (non-hydrogen) atoms. The fraction of sp³-hybridized carbons (Fsp3) is 0. The van der Waals surface area contributed by atoms with Crippen molar-refractivity contribution in [3.05, 3.63) is 71.6 Å². The molecule has 0 radical (unpaired) electrons. The lowest BCUT2D eigenvalue weighted by Crippen LogP contribution is -1.97. The fourth-order valence-electron chi connectivity index (χ4n) is 1.51. The van der Waals surface area contributed by atoms with Crippen LogP contribution in [0.4, 0.5) is 4.39 Å². The van der Waals surface area contributed by atoms with E-state index < -0.39 is 5.82 Å². The first-order chi connectivity index (χ1) is 8.66. The zero-order valence-corrected chi connectivity index (χ0v) is 9.51. The highest BCUT2D eigenvalue weighted by Gasteiger charge is 2.06. The Hall–Kier alpha value is -2.42. The monoisotopic (exact) mass is 242 g/mol. The molecule has 0 spiro atoms. The van der Waals surface area contributed by atoms with Gasteiger partial charge < -0.3 is 5.11 Å². The molecular formula is C15H11FO2. The molecule has 2 aromatic rings. The van der Waals surface area contributed by atoms with Gasteiger partial charge in [-0.05, 0) is 35.9 Å². The number of aromatic hydroxyl groups is 1. The first kappa shape index (κ1) is 12.0. The topological polar surface area (TPSA) is 37.3 Å². The summed E-state index contributed by atoms with van der Waals surface area (Å²) in [5.41, 5.74) is 0.810. The van der Waals surface area contributed by atoms with Crippen molar-refractivity contribution in [2.45, 2.75) is 0 Å². The van der Waals surface area contributed by atoms with E-state index in [1.807, 2.05) is 0 Å². The highest BCUT2D eigenvalue weighted by atomic mass is 19.1. The van der Waals surface area contributed by atoms with Crippen LogP contribution in [-0.4, -0.2) is 10.9 Å². The van der Waals surface area contributed by atoms with Crippen LogP contribution < -0.4 is 0 Å². The van der Waals surface area contributed by atoms with Gasteiger partial charge in [-0.2, -0.15) is 0 Å². The summed E-state index contributed by atoms with van der Waals surface area (Å²) in [7, 11) is 0. The summed E-state index contributed by atoms with van der Waals surface area (Å²) >= 11 is 0. The summed E-state index contributed by atoms with van der Waals surface area (Å²) in [4.78, 5) is 11.7. The highest BCUT2D eigenvalue weighted by Crippen LogP contribution is 2.12. The lowest BCUT2D eigenvalue weighted by molar-refractivity contribution is 0.104. The number of halogens is 1. The number of phenols is 1. The van der Waals surface area contributed by atoms with Crippen LogP contribution in [0.2, 0.25) is 0 Å². The second-order valence-corrected chi connectivity index (χ2v) is 3.77. The Balaban J connectivity index is 2.17. The van der Waals surface area contributed by atoms with Crippen molar-refractivity contribution in [3.8, 4) is 5.75 Å². The van der Waals surface area contributed by atoms with E-state index in [-0.39, 0.29) is 17.1 Å². The summed E-state index contributed by atoms with van der Waals surface area (Å²) in [5.74, 6) is -0.758. The van der Waals surface area contributed by atoms with Crippen LogP contribution in [-0.2, 0) is 0 Å². The van der Waals surface area contributed by atoms with Gasteiger partial charge in [-0.15, -0.1) is 0 Å². The van der Waals surface area contributed by atoms with Crippen LogP contribution in [0.15, 0.2) is 54.6 Å². The van der Waals surface area contributed by atoms with Gasteiger partial charge in [0.05, 0.1) is 5.56 Å². The van der Waals surface area contributed by atoms with E-state index in [0.717, 1.165) is 5.56 Å². The SMILES string of the molecule is O=C(/C=C/c1ccc(O)cc1)c1ccccc1F. The van der Waals surface area contributed by atoms with Gasteiger partial charge in [0.15, 0.2) is 5.78 Å². The second-order valence-electron chi connectivity index (χ2n) is 3.77. The van der Waals surface area contributed by atoms with Crippen molar-refractivity contribution in [2.75, 3.05) is 0 Å². The molecule has 0 aliphatic heterocycles. The third-order valence-electron chi connectivity index (χ3n) is 2.46. The maximum absolute atomic E-state index is 13.3. The molecule has 0 aromatic heterocycles. The standard InChI is InChI=1S/C15H11FO2/c16-14-4-2-1-3-13(14)15(18)10-7-11-5-8-12(17)9-6-11/h1-10,17H/b10-7+. The first-order valence-corrected chi connectivity index (χ1v) is 5.43. The molecule has 0 aliphatic carbocycles. The van der Waals surface area contributed by atoms with Gasteiger partial charge in [-0.1, -0.05) is 30.3 Å². The first-order valence-electron chi connectivity index (χ1n) is 5.43. The molecule has 2 nitrogen and oxygen atoms in total. The minimum atomic E-state index is -0.530. The number of rotatable bonds is 3. The van der Waals surface area contributed by atoms with Gasteiger partial charge in [0.1, 0.15) is 11.6 Å². The predicted molar refractivity (Wildman–Crippen MR) is 67.9 cm³/mol. The van der Waals surface area contributed by atoms with E-state index in [1.54, 1.807) is 24.3 Å². The third-order valence-corrected chi connectivity index (χ3v) is 2.46. The van der Waals surface area contributed by atoms with Gasteiger partial charge in [0.2, 0.25) is 0 Å². The van der Waals surface area contributed by atoms with Crippen molar-refractivity contribution in [1.29, 1.82) is 0 Å². The lowest BCUT2D eigenvalue weighted by atomic mass is 10.1. The van der Waals surface area contributed by atoms with Crippen LogP contribution in [0.1, 0.15) is 15.9 Å². The third kappa shape index (κ3) is 2.83. The van der Waals surface area contributed by atoms with Gasteiger partial charge in [0.25, 0.3) is 0 Å². The molecule has 2 rings (SSSR count). The maximum atomic E-state index is 13.3. The van der Waals surface area contributed by atoms with E-state index in [1.165, 1.54) is 36.4 Å². The van der Waals surface area contributed by atoms with Gasteiger partial charge >= 0.3 is 0 Å². The number of carbonyl (C=O) groups is 1. The molecule has 0 unspecified atom stereocenters. The largest absolute Gasteiger partial charge is 0.508 e. The van der Waals surface area contributed by atoms with E-state index >= 15 is 0 Å². The minimum Gasteiger partial charge on any atom is -0.508 e. The Morgan fingerprint density at radius 3 is 2.39 bits per heavy atom. The van der Waals surface area contributed by atoms with Crippen LogP contribution in [0, 0.1) is 5.82 Å². The number of benzene rings is 2. The number of phenolic OH excluding ortho intramolecular Hbond substituents is 1. The number of carbonyl (C=O) groups excluding carboxylic acids is 1. The highest BCUT2D eigenvalue weighted by molar-refractivity contribution is 6.06. The Kier molecular flexibility index (Phi) is 3.53. The number of ketones is 1. The Labute approximate surface area is 104 Å². The van der Waals surface area contributed by atoms with Crippen LogP contribution in [0.3, 0.4) is 0 Å². The maximum Gasteiger partial charge on any atom is 0.188 e. The number of hydrogen-bond donors (Lipinski definition) is 1. The predicted octanol–water partition coefficient (Wildman–Crippen LogP) is 3.43. The van der Waals surface area contributed by atoms with E-state index in [2.05, 4.69) is 0 Å². The summed E-state index contributed by atoms with van der Waals surface area (Å²) in [5, 5.41) is 9.11. The van der Waals surface area contributed by atoms with Gasteiger partial charge in [-0.25, -0.2) is 4.39 Å². The summed E-state index contributed by atoms with van der Waals surface area (Å²) in [6.45, 7) is 0. The van der Waals surface area contributed by atoms with Crippen molar-refractivity contribution in [3.63, 3.8) is 0 Å². The summed E-state index contributed by atoms with van der Waals surface area (Å²) < 4.78 is 13.3. The van der Waals surface area contributed by atoms with Crippen molar-refractivity contribution in [2.24, 2.45) is 0 Å². The van der Waals surface area contributed by atoms with E-state index in [9.17, 15) is 9.18 Å². The van der Waals surface area contributed by atoms with Gasteiger partial charge in [0, 0.05) is 0 Å². The normalized spacial score (nSPS) is 10.7. The van der Waals surface area contributed by atoms with Gasteiger partial charge in [-0.3, -0.25) is 4.79 Å². The zero-order chi connectivity index (χ0) is 13.0. The number of hydrogen-bond acceptors (Lipinski definition) is 2. The quantitative estimate of drug-likeness (QED) is 0.661. The van der Waals surface area contributed by atoms with E-state index in [0.29, 0.717) is 0 Å². The Morgan fingerprint density at radius 2 is 1.72 bits per heavy atom. The minimum absolute atomic E-state index is 0.0486. The fourth-order valence-corrected chi connectivity index (χ4v) is 1.51. The average molecular weight is 242 g/mol. The average Bonchev–Trinajstić information content (AvgIpc) is 2.38. The molecule has 90 valence electrons. The molecule has 0 heterocycles. The molecule has 0 aliphatic rings. The van der Waals surface area contributed by atoms with Crippen molar-refractivity contribution < 1.29 is 14.3 Å². The van der Waals surface area contributed by atoms with E-state index in [4.69, 9.17) is 5.11 Å². The molecule has 2 aromatic carbocycles. The van der Waals surface area contributed by atoms with Crippen LogP contribution >= 0.6 is 0 Å². The van der Waals surface area contributed by atoms with Crippen LogP contribution in [0.5, 0.6) is 5.75 Å². The molecule has 0 fully saturated rings. The zero-order valence-electron chi connectivity index (χ0n) is 9.51. The van der Waals surface area contributed by atoms with Crippen LogP contribution in [0.25, 0.3) is 6.08 Å². The molecule has 0 bridgehead atoms. The summed E-state index contributed by atoms with van der Waals surface area (Å²) in [6.07, 6.45) is 2.89. The Bertz CT molecular complexity index is 586. The summed E-state index contributed by atoms with van der Waals surface area (Å²) in [6, 6.07) is 12.2. The molecular weight excluding hydrogens is 231 g/mol. The van der Waals surface area contributed by atoms with Crippen molar-refractivity contribution in [1.82, 2.24) is 0 Å². The van der Waals surface area contributed by atoms with Crippen molar-refractivity contribution >= 4 is 11.9 Å². The Morgan fingerprint density at radius 1 is 1.06 bits per heavy atom. The molecule has 0 atom stereocenters. The molecule has 0 saturated heterocycles. The molecule has 0 amide bonds.